The Bertz CT molecular complexity index is 1000. The van der Waals surface area contributed by atoms with E-state index in [9.17, 15) is 0 Å². The summed E-state index contributed by atoms with van der Waals surface area (Å²) in [6.07, 6.45) is 2.16. The van der Waals surface area contributed by atoms with Crippen molar-refractivity contribution in [2.75, 3.05) is 38.1 Å². The van der Waals surface area contributed by atoms with E-state index in [-0.39, 0.29) is 0 Å². The molecule has 27 heavy (non-hydrogen) atoms. The lowest BCUT2D eigenvalue weighted by molar-refractivity contribution is 0.312. The molecule has 1 saturated heterocycles. The van der Waals surface area contributed by atoms with Gasteiger partial charge in [0.05, 0.1) is 11.1 Å². The summed E-state index contributed by atoms with van der Waals surface area (Å²) in [4.78, 5) is 19.2. The molecule has 2 aromatic heterocycles. The highest BCUT2D eigenvalue weighted by Crippen LogP contribution is 2.42. The van der Waals surface area contributed by atoms with Gasteiger partial charge in [-0.1, -0.05) is 23.7 Å². The lowest BCUT2D eigenvalue weighted by Gasteiger charge is -2.33. The number of imidazole rings is 1. The number of likely N-dealkylation sites (N-methyl/N-ethyl adjacent to an activating group) is 1. The number of aryl methyl sites for hydroxylation is 1. The van der Waals surface area contributed by atoms with E-state index in [2.05, 4.69) is 21.4 Å². The summed E-state index contributed by atoms with van der Waals surface area (Å²) in [7, 11) is 2.16. The van der Waals surface area contributed by atoms with Crippen LogP contribution in [0.2, 0.25) is 5.02 Å². The van der Waals surface area contributed by atoms with E-state index in [1.165, 1.54) is 6.04 Å². The number of hydrogen-bond acceptors (Lipinski definition) is 5. The van der Waals surface area contributed by atoms with Gasteiger partial charge in [-0.25, -0.2) is 15.0 Å². The van der Waals surface area contributed by atoms with Crippen LogP contribution in [0.3, 0.4) is 0 Å². The third-order valence-electron chi connectivity index (χ3n) is 5.31. The normalized spacial score (nSPS) is 18.4. The van der Waals surface area contributed by atoms with Gasteiger partial charge in [0.25, 0.3) is 0 Å². The number of piperazine rings is 1. The minimum absolute atomic E-state index is 0.709. The molecule has 3 heterocycles. The summed E-state index contributed by atoms with van der Waals surface area (Å²) in [5.41, 5.74) is 2.72. The molecule has 0 unspecified atom stereocenters. The maximum atomic E-state index is 6.50. The van der Waals surface area contributed by atoms with Crippen molar-refractivity contribution < 1.29 is 0 Å². The van der Waals surface area contributed by atoms with Crippen LogP contribution in [0.4, 0.5) is 5.82 Å². The van der Waals surface area contributed by atoms with Gasteiger partial charge >= 0.3 is 0 Å². The predicted octanol–water partition coefficient (Wildman–Crippen LogP) is 3.38. The minimum Gasteiger partial charge on any atom is -0.352 e. The van der Waals surface area contributed by atoms with Crippen molar-refractivity contribution in [3.05, 3.63) is 41.2 Å². The largest absolute Gasteiger partial charge is 0.352 e. The van der Waals surface area contributed by atoms with E-state index in [1.807, 2.05) is 31.2 Å². The fourth-order valence-corrected chi connectivity index (χ4v) is 3.91. The van der Waals surface area contributed by atoms with Gasteiger partial charge in [-0.15, -0.1) is 0 Å². The van der Waals surface area contributed by atoms with Crippen molar-refractivity contribution in [1.29, 1.82) is 0 Å². The maximum Gasteiger partial charge on any atom is 0.166 e. The van der Waals surface area contributed by atoms with Crippen LogP contribution in [0, 0.1) is 13.0 Å². The number of rotatable bonds is 3. The van der Waals surface area contributed by atoms with Crippen molar-refractivity contribution in [1.82, 2.24) is 24.4 Å². The molecule has 1 aromatic carbocycles. The Morgan fingerprint density at radius 1 is 0.963 bits per heavy atom. The van der Waals surface area contributed by atoms with Gasteiger partial charge < -0.3 is 9.80 Å². The Hall–Kier alpha value is -2.18. The monoisotopic (exact) mass is 381 g/mol. The maximum absolute atomic E-state index is 6.50. The van der Waals surface area contributed by atoms with Gasteiger partial charge in [0.15, 0.2) is 17.0 Å². The van der Waals surface area contributed by atoms with Crippen LogP contribution in [0.15, 0.2) is 24.3 Å². The molecule has 1 saturated carbocycles. The zero-order valence-corrected chi connectivity index (χ0v) is 16.4. The van der Waals surface area contributed by atoms with Crippen molar-refractivity contribution in [2.45, 2.75) is 19.8 Å². The highest BCUT2D eigenvalue weighted by molar-refractivity contribution is 6.33. The zero-order valence-electron chi connectivity index (χ0n) is 15.6. The Morgan fingerprint density at radius 2 is 1.70 bits per heavy atom. The highest BCUT2D eigenvalue weighted by atomic mass is 35.5. The number of hydrogen-bond donors (Lipinski definition) is 0. The second-order valence-corrected chi connectivity index (χ2v) is 7.78. The highest BCUT2D eigenvalue weighted by Gasteiger charge is 2.33. The van der Waals surface area contributed by atoms with Crippen LogP contribution in [-0.2, 0) is 0 Å². The second-order valence-electron chi connectivity index (χ2n) is 7.37. The molecular weight excluding hydrogens is 360 g/mol. The fraction of sp³-hybridized carbons (Fsp3) is 0.400. The van der Waals surface area contributed by atoms with Crippen molar-refractivity contribution in [2.24, 2.45) is 0 Å². The van der Waals surface area contributed by atoms with Crippen molar-refractivity contribution >= 4 is 28.6 Å². The van der Waals surface area contributed by atoms with Crippen LogP contribution in [0.1, 0.15) is 18.7 Å². The molecule has 0 bridgehead atoms. The number of nitrogens with zero attached hydrogens (tertiary/aromatic N) is 6. The lowest BCUT2D eigenvalue weighted by atomic mass is 10.2. The van der Waals surface area contributed by atoms with E-state index in [4.69, 9.17) is 26.6 Å². The first-order chi connectivity index (χ1) is 13.1. The molecule has 5 rings (SSSR count). The molecule has 2 aliphatic rings. The standard InChI is InChI=1S/C20H22ClN6/c1-13-22-19(26-11-9-25(2)10-12-26)17-20(23-13)27(14-7-8-14)18(24-17)15-5-3-4-6-16(15)21/h3-6H,7-12H2,1-2H3. The fourth-order valence-electron chi connectivity index (χ4n) is 3.69. The quantitative estimate of drug-likeness (QED) is 0.696. The first-order valence-corrected chi connectivity index (χ1v) is 9.80. The molecular formula is C20H22ClN6. The molecule has 2 fully saturated rings. The van der Waals surface area contributed by atoms with Gasteiger partial charge in [0, 0.05) is 31.7 Å². The van der Waals surface area contributed by atoms with Crippen LogP contribution in [0.5, 0.6) is 0 Å². The number of benzene rings is 1. The SMILES string of the molecule is Cc1nc(N2CCN(C)CC2)c2nc(-c3ccccc3Cl)n([C]3CC3)c2n1. The number of fused-ring (bicyclic) bond motifs is 1. The van der Waals surface area contributed by atoms with Gasteiger partial charge in [0.2, 0.25) is 0 Å². The number of halogens is 1. The zero-order chi connectivity index (χ0) is 18.5. The molecule has 0 atom stereocenters. The molecule has 7 heteroatoms. The van der Waals surface area contributed by atoms with E-state index in [0.29, 0.717) is 5.02 Å². The molecule has 0 N–H and O–H groups in total. The van der Waals surface area contributed by atoms with Gasteiger partial charge in [-0.05, 0) is 38.9 Å². The molecule has 1 radical (unpaired) electrons. The van der Waals surface area contributed by atoms with Gasteiger partial charge in [-0.2, -0.15) is 0 Å². The van der Waals surface area contributed by atoms with Crippen LogP contribution < -0.4 is 4.90 Å². The molecule has 139 valence electrons. The van der Waals surface area contributed by atoms with Gasteiger partial charge in [0.1, 0.15) is 11.6 Å². The van der Waals surface area contributed by atoms with Crippen LogP contribution in [0.25, 0.3) is 22.6 Å². The Balaban J connectivity index is 1.72. The van der Waals surface area contributed by atoms with E-state index in [0.717, 1.165) is 73.2 Å². The summed E-state index contributed by atoms with van der Waals surface area (Å²) in [6, 6.07) is 9.23. The third kappa shape index (κ3) is 2.97. The summed E-state index contributed by atoms with van der Waals surface area (Å²) < 4.78 is 2.20. The minimum atomic E-state index is 0.709. The summed E-state index contributed by atoms with van der Waals surface area (Å²) in [5, 5.41) is 0.709. The molecule has 0 amide bonds. The summed E-state index contributed by atoms with van der Waals surface area (Å²) >= 11 is 6.50. The first kappa shape index (κ1) is 17.0. The topological polar surface area (TPSA) is 50.1 Å². The number of aromatic nitrogens is 4. The van der Waals surface area contributed by atoms with Crippen molar-refractivity contribution in [3.8, 4) is 11.4 Å². The van der Waals surface area contributed by atoms with Gasteiger partial charge in [-0.3, -0.25) is 4.57 Å². The first-order valence-electron chi connectivity index (χ1n) is 9.42. The summed E-state index contributed by atoms with van der Waals surface area (Å²) in [6.45, 7) is 5.92. The lowest BCUT2D eigenvalue weighted by Crippen LogP contribution is -2.45. The molecule has 0 spiro atoms. The number of anilines is 1. The molecule has 1 aliphatic carbocycles. The van der Waals surface area contributed by atoms with E-state index in [1.54, 1.807) is 0 Å². The Kier molecular flexibility index (Phi) is 4.06. The average Bonchev–Trinajstić information content (AvgIpc) is 3.43. The smallest absolute Gasteiger partial charge is 0.166 e. The van der Waals surface area contributed by atoms with E-state index >= 15 is 0 Å². The molecule has 6 nitrogen and oxygen atoms in total. The Labute approximate surface area is 163 Å². The predicted molar refractivity (Wildman–Crippen MR) is 108 cm³/mol. The second kappa shape index (κ2) is 6.46. The van der Waals surface area contributed by atoms with Crippen LogP contribution >= 0.6 is 11.6 Å². The summed E-state index contributed by atoms with van der Waals surface area (Å²) in [5.74, 6) is 2.60. The molecule has 3 aromatic rings. The third-order valence-corrected chi connectivity index (χ3v) is 5.64. The van der Waals surface area contributed by atoms with Crippen molar-refractivity contribution in [3.63, 3.8) is 0 Å². The molecule has 1 aliphatic heterocycles. The Morgan fingerprint density at radius 3 is 2.41 bits per heavy atom. The van der Waals surface area contributed by atoms with E-state index < -0.39 is 0 Å². The average molecular weight is 382 g/mol. The van der Waals surface area contributed by atoms with Crippen LogP contribution in [-0.4, -0.2) is 57.6 Å².